The van der Waals surface area contributed by atoms with Gasteiger partial charge in [-0.1, -0.05) is 141 Å². The summed E-state index contributed by atoms with van der Waals surface area (Å²) in [6.45, 7) is 4.19. The van der Waals surface area contributed by atoms with Gasteiger partial charge in [0.1, 0.15) is 19.8 Å². The third-order valence-corrected chi connectivity index (χ3v) is 11.1. The van der Waals surface area contributed by atoms with Gasteiger partial charge in [-0.15, -0.1) is 0 Å². The fraction of sp³-hybridized carbons (Fsp3) is 0.870. The lowest BCUT2D eigenvalue weighted by Gasteiger charge is -2.24. The van der Waals surface area contributed by atoms with Gasteiger partial charge in [0.05, 0.1) is 40.0 Å². The molecule has 3 N–H and O–H groups in total. The molecule has 0 aromatic rings. The van der Waals surface area contributed by atoms with E-state index in [1.165, 1.54) is 77.0 Å². The summed E-state index contributed by atoms with van der Waals surface area (Å²) >= 11 is 0. The van der Waals surface area contributed by atoms with Gasteiger partial charge in [-0.3, -0.25) is 18.6 Å². The van der Waals surface area contributed by atoms with Crippen molar-refractivity contribution in [2.24, 2.45) is 0 Å². The van der Waals surface area contributed by atoms with Crippen LogP contribution in [-0.2, 0) is 32.7 Å². The van der Waals surface area contributed by atoms with Gasteiger partial charge in [0.25, 0.3) is 0 Å². The Hall–Kier alpha value is -1.59. The van der Waals surface area contributed by atoms with Crippen LogP contribution in [0.2, 0.25) is 0 Å². The second kappa shape index (κ2) is 38.3. The number of ether oxygens (including phenoxy) is 2. The number of allylic oxidation sites excluding steroid dienone is 3. The molecule has 0 aliphatic heterocycles. The largest absolute Gasteiger partial charge is 0.472 e. The zero-order chi connectivity index (χ0) is 43.2. The molecule has 0 fully saturated rings. The van der Waals surface area contributed by atoms with E-state index in [9.17, 15) is 29.3 Å². The van der Waals surface area contributed by atoms with Crippen LogP contribution < -0.4 is 0 Å². The van der Waals surface area contributed by atoms with E-state index in [-0.39, 0.29) is 26.1 Å². The molecule has 0 aromatic heterocycles. The van der Waals surface area contributed by atoms with Crippen LogP contribution in [0.3, 0.4) is 0 Å². The summed E-state index contributed by atoms with van der Waals surface area (Å²) in [5.74, 6) is -0.912. The summed E-state index contributed by atoms with van der Waals surface area (Å²) in [4.78, 5) is 35.4. The second-order valence-electron chi connectivity index (χ2n) is 17.1. The summed E-state index contributed by atoms with van der Waals surface area (Å²) < 4.78 is 34.2. The maximum Gasteiger partial charge on any atom is 0.472 e. The van der Waals surface area contributed by atoms with Crippen molar-refractivity contribution in [3.63, 3.8) is 0 Å². The molecule has 0 amide bonds. The number of carbonyl (C=O) groups excluding carboxylic acids is 2. The van der Waals surface area contributed by atoms with Gasteiger partial charge in [0.2, 0.25) is 0 Å². The summed E-state index contributed by atoms with van der Waals surface area (Å²) in [6, 6.07) is 0. The molecule has 1 unspecified atom stereocenters. The highest BCUT2D eigenvalue weighted by Gasteiger charge is 2.27. The first-order valence-electron chi connectivity index (χ1n) is 23.2. The Morgan fingerprint density at radius 3 is 1.62 bits per heavy atom. The van der Waals surface area contributed by atoms with Gasteiger partial charge in [-0.25, -0.2) is 4.57 Å². The predicted octanol–water partition coefficient (Wildman–Crippen LogP) is 11.1. The number of quaternary nitrogens is 1. The van der Waals surface area contributed by atoms with E-state index >= 15 is 0 Å². The van der Waals surface area contributed by atoms with Crippen LogP contribution in [0.1, 0.15) is 194 Å². The molecular formula is C46H89NO10P+. The lowest BCUT2D eigenvalue weighted by molar-refractivity contribution is -0.870. The highest BCUT2D eigenvalue weighted by molar-refractivity contribution is 7.47. The molecule has 11 nitrogen and oxygen atoms in total. The first kappa shape index (κ1) is 56.4. The topological polar surface area (TPSA) is 149 Å². The molecule has 58 heavy (non-hydrogen) atoms. The third-order valence-electron chi connectivity index (χ3n) is 10.2. The van der Waals surface area contributed by atoms with Crippen molar-refractivity contribution in [2.75, 3.05) is 47.5 Å². The number of hydrogen-bond donors (Lipinski definition) is 3. The summed E-state index contributed by atoms with van der Waals surface area (Å²) in [6.07, 6.45) is 33.8. The lowest BCUT2D eigenvalue weighted by Crippen LogP contribution is -2.37. The number of rotatable bonds is 42. The highest BCUT2D eigenvalue weighted by atomic mass is 31.2. The highest BCUT2D eigenvalue weighted by Crippen LogP contribution is 2.43. The Morgan fingerprint density at radius 2 is 1.05 bits per heavy atom. The molecule has 0 saturated heterocycles. The molecule has 0 bridgehead atoms. The zero-order valence-corrected chi connectivity index (χ0v) is 38.7. The van der Waals surface area contributed by atoms with Gasteiger partial charge >= 0.3 is 19.8 Å². The summed E-state index contributed by atoms with van der Waals surface area (Å²) in [7, 11) is 1.39. The Morgan fingerprint density at radius 1 is 0.586 bits per heavy atom. The van der Waals surface area contributed by atoms with E-state index in [1.54, 1.807) is 0 Å². The number of aliphatic hydroxyl groups is 2. The van der Waals surface area contributed by atoms with Crippen LogP contribution in [0.15, 0.2) is 24.3 Å². The summed E-state index contributed by atoms with van der Waals surface area (Å²) in [5.41, 5.74) is 0. The molecular weight excluding hydrogens is 757 g/mol. The Bertz CT molecular complexity index is 1080. The van der Waals surface area contributed by atoms with Gasteiger partial charge < -0.3 is 29.1 Å². The van der Waals surface area contributed by atoms with Crippen molar-refractivity contribution < 1.29 is 52.3 Å². The van der Waals surface area contributed by atoms with Crippen LogP contribution in [0.25, 0.3) is 0 Å². The van der Waals surface area contributed by atoms with Gasteiger partial charge in [0, 0.05) is 12.8 Å². The average molecular weight is 847 g/mol. The van der Waals surface area contributed by atoms with Gasteiger partial charge in [-0.2, -0.15) is 0 Å². The Labute approximate surface area is 354 Å². The smallest absolute Gasteiger partial charge is 0.462 e. The number of carbonyl (C=O) groups is 2. The molecule has 12 heteroatoms. The zero-order valence-electron chi connectivity index (χ0n) is 37.8. The number of nitrogens with zero attached hydrogens (tertiary/aromatic N) is 1. The first-order valence-corrected chi connectivity index (χ1v) is 24.7. The lowest BCUT2D eigenvalue weighted by atomic mass is 10.0. The fourth-order valence-corrected chi connectivity index (χ4v) is 7.07. The van der Waals surface area contributed by atoms with Crippen molar-refractivity contribution in [3.8, 4) is 0 Å². The molecule has 0 rings (SSSR count). The van der Waals surface area contributed by atoms with Crippen LogP contribution in [0.5, 0.6) is 0 Å². The molecule has 0 aliphatic rings. The quantitative estimate of drug-likeness (QED) is 0.0178. The Balaban J connectivity index is 4.44. The normalized spacial score (nSPS) is 14.8. The molecule has 342 valence electrons. The number of phosphoric acid groups is 1. The minimum Gasteiger partial charge on any atom is -0.462 e. The van der Waals surface area contributed by atoms with Crippen molar-refractivity contribution in [1.82, 2.24) is 0 Å². The average Bonchev–Trinajstić information content (AvgIpc) is 3.17. The third kappa shape index (κ3) is 39.8. The SMILES string of the molecule is CCCCC/C=C\C[C@@H](O)[C@H](O)CCCCCCCC(=O)OC[C@H](COP(=O)(O)OCC[N+](C)(C)C)OC(=O)CCCCCCCCC/C=C\CCCCCCCC. The van der Waals surface area contributed by atoms with Crippen molar-refractivity contribution in [2.45, 2.75) is 212 Å². The van der Waals surface area contributed by atoms with Gasteiger partial charge in [-0.05, 0) is 64.2 Å². The monoisotopic (exact) mass is 847 g/mol. The molecule has 0 spiro atoms. The van der Waals surface area contributed by atoms with Crippen LogP contribution in [0.4, 0.5) is 0 Å². The maximum atomic E-state index is 12.7. The van der Waals surface area contributed by atoms with E-state index in [1.807, 2.05) is 27.2 Å². The van der Waals surface area contributed by atoms with E-state index < -0.39 is 44.7 Å². The van der Waals surface area contributed by atoms with E-state index in [0.717, 1.165) is 64.2 Å². The Kier molecular flexibility index (Phi) is 37.3. The minimum absolute atomic E-state index is 0.00641. The van der Waals surface area contributed by atoms with Crippen molar-refractivity contribution in [1.29, 1.82) is 0 Å². The number of unbranched alkanes of at least 4 members (excludes halogenated alkanes) is 20. The molecule has 0 heterocycles. The van der Waals surface area contributed by atoms with Gasteiger partial charge in [0.15, 0.2) is 6.10 Å². The van der Waals surface area contributed by atoms with E-state index in [0.29, 0.717) is 36.7 Å². The molecule has 4 atom stereocenters. The molecule has 0 saturated carbocycles. The molecule has 0 radical (unpaired) electrons. The van der Waals surface area contributed by atoms with E-state index in [4.69, 9.17) is 18.5 Å². The second-order valence-corrected chi connectivity index (χ2v) is 18.5. The van der Waals surface area contributed by atoms with Crippen molar-refractivity contribution in [3.05, 3.63) is 24.3 Å². The fourth-order valence-electron chi connectivity index (χ4n) is 6.33. The van der Waals surface area contributed by atoms with Crippen molar-refractivity contribution >= 4 is 19.8 Å². The maximum absolute atomic E-state index is 12.7. The standard InChI is InChI=1S/C46H88NO10P/c1-6-8-10-12-14-15-16-17-18-19-20-21-22-23-24-28-33-37-46(51)57-42(41-56-58(52,53)55-39-38-47(3,4)5)40-54-45(50)36-32-29-25-27-31-35-44(49)43(48)34-30-26-13-11-9-7-2/h17-18,26,30,42-44,48-49H,6-16,19-25,27-29,31-41H2,1-5H3/p+1/b18-17-,30-26-/t42-,43-,44-/m1/s1. The number of hydrogen-bond acceptors (Lipinski definition) is 9. The van der Waals surface area contributed by atoms with E-state index in [2.05, 4.69) is 32.1 Å². The number of phosphoric ester groups is 1. The number of esters is 2. The molecule has 0 aromatic carbocycles. The number of likely N-dealkylation sites (N-methyl/N-ethyl adjacent to an activating group) is 1. The van der Waals surface area contributed by atoms with Crippen LogP contribution in [-0.4, -0.2) is 97.3 Å². The first-order chi connectivity index (χ1) is 27.8. The number of aliphatic hydroxyl groups excluding tert-OH is 2. The summed E-state index contributed by atoms with van der Waals surface area (Å²) in [5, 5.41) is 20.5. The van der Waals surface area contributed by atoms with Crippen LogP contribution >= 0.6 is 7.82 Å². The molecule has 0 aliphatic carbocycles. The minimum atomic E-state index is -4.41. The predicted molar refractivity (Wildman–Crippen MR) is 236 cm³/mol. The van der Waals surface area contributed by atoms with Crippen LogP contribution in [0, 0.1) is 0 Å².